The molecule has 1 heterocycles. The zero-order chi connectivity index (χ0) is 14.1. The monoisotopic (exact) mass is 262 g/mol. The van der Waals surface area contributed by atoms with Crippen LogP contribution in [0.2, 0.25) is 0 Å². The van der Waals surface area contributed by atoms with Crippen LogP contribution in [-0.4, -0.2) is 36.7 Å². The van der Waals surface area contributed by atoms with Crippen LogP contribution in [0.25, 0.3) is 0 Å². The molecule has 0 saturated carbocycles. The van der Waals surface area contributed by atoms with E-state index in [1.807, 2.05) is 0 Å². The normalized spacial score (nSPS) is 9.11. The number of nitrogens with two attached hydrogens (primary N) is 2. The molecule has 5 N–H and O–H groups in total. The first-order chi connectivity index (χ1) is 9.15. The van der Waals surface area contributed by atoms with E-state index in [-0.39, 0.29) is 25.4 Å². The van der Waals surface area contributed by atoms with E-state index in [2.05, 4.69) is 26.9 Å². The number of pyridine rings is 1. The van der Waals surface area contributed by atoms with Crippen molar-refractivity contribution in [3.63, 3.8) is 0 Å². The number of nitrogens with zero attached hydrogens (tertiary/aromatic N) is 1. The third kappa shape index (κ3) is 5.06. The van der Waals surface area contributed by atoms with Crippen molar-refractivity contribution in [3.8, 4) is 11.8 Å². The Morgan fingerprint density at radius 2 is 2.26 bits per heavy atom. The molecule has 1 rings (SSSR count). The first kappa shape index (κ1) is 14.5. The molecule has 0 aromatic carbocycles. The van der Waals surface area contributed by atoms with Gasteiger partial charge >= 0.3 is 6.09 Å². The summed E-state index contributed by atoms with van der Waals surface area (Å²) in [7, 11) is 0. The minimum Gasteiger partial charge on any atom is -0.448 e. The second-order valence-corrected chi connectivity index (χ2v) is 3.33. The van der Waals surface area contributed by atoms with Gasteiger partial charge in [0.2, 0.25) is 0 Å². The molecule has 1 aromatic rings. The van der Waals surface area contributed by atoms with Crippen LogP contribution in [0.4, 0.5) is 4.79 Å². The van der Waals surface area contributed by atoms with Crippen molar-refractivity contribution in [3.05, 3.63) is 29.6 Å². The van der Waals surface area contributed by atoms with Crippen molar-refractivity contribution in [1.29, 1.82) is 0 Å². The molecule has 0 saturated heterocycles. The largest absolute Gasteiger partial charge is 0.448 e. The van der Waals surface area contributed by atoms with Gasteiger partial charge in [0, 0.05) is 6.20 Å². The van der Waals surface area contributed by atoms with Crippen molar-refractivity contribution in [2.45, 2.75) is 0 Å². The zero-order valence-corrected chi connectivity index (χ0v) is 10.2. The summed E-state index contributed by atoms with van der Waals surface area (Å²) in [6.07, 6.45) is 0.601. The van der Waals surface area contributed by atoms with Crippen LogP contribution >= 0.6 is 0 Å². The van der Waals surface area contributed by atoms with Gasteiger partial charge in [0.1, 0.15) is 12.3 Å². The Hall–Kier alpha value is -2.59. The number of amides is 2. The van der Waals surface area contributed by atoms with Crippen LogP contribution in [0.1, 0.15) is 16.1 Å². The van der Waals surface area contributed by atoms with Crippen molar-refractivity contribution in [2.75, 3.05) is 19.7 Å². The number of hydrogen-bond donors (Lipinski definition) is 3. The molecule has 7 nitrogen and oxygen atoms in total. The van der Waals surface area contributed by atoms with Gasteiger partial charge in [0.25, 0.3) is 5.91 Å². The Bertz CT molecular complexity index is 519. The fourth-order valence-corrected chi connectivity index (χ4v) is 1.23. The second-order valence-electron chi connectivity index (χ2n) is 3.33. The summed E-state index contributed by atoms with van der Waals surface area (Å²) < 4.78 is 4.48. The molecule has 0 aliphatic carbocycles. The summed E-state index contributed by atoms with van der Waals surface area (Å²) in [5.74, 6) is 5.01. The lowest BCUT2D eigenvalue weighted by molar-refractivity contribution is 0.0931. The Morgan fingerprint density at radius 3 is 2.95 bits per heavy atom. The number of carbonyl (C=O) groups is 2. The number of carbonyl (C=O) groups excluding carboxylic acids is 2. The Morgan fingerprint density at radius 1 is 1.47 bits per heavy atom. The van der Waals surface area contributed by atoms with Crippen LogP contribution in [0.15, 0.2) is 18.3 Å². The highest BCUT2D eigenvalue weighted by molar-refractivity contribution is 5.94. The number of primary amides is 1. The lowest BCUT2D eigenvalue weighted by Gasteiger charge is -2.05. The Labute approximate surface area is 110 Å². The topological polar surface area (TPSA) is 120 Å². The van der Waals surface area contributed by atoms with Crippen LogP contribution in [0.3, 0.4) is 0 Å². The van der Waals surface area contributed by atoms with E-state index in [4.69, 9.17) is 11.5 Å². The smallest absolute Gasteiger partial charge is 0.404 e. The van der Waals surface area contributed by atoms with Gasteiger partial charge in [-0.1, -0.05) is 11.8 Å². The first-order valence-corrected chi connectivity index (χ1v) is 5.49. The van der Waals surface area contributed by atoms with E-state index in [9.17, 15) is 9.59 Å². The van der Waals surface area contributed by atoms with Crippen LogP contribution in [0.5, 0.6) is 0 Å². The minimum absolute atomic E-state index is 0.00226. The molecule has 0 unspecified atom stereocenters. The van der Waals surface area contributed by atoms with E-state index in [1.54, 1.807) is 12.1 Å². The van der Waals surface area contributed by atoms with Gasteiger partial charge in [-0.05, 0) is 12.1 Å². The second kappa shape index (κ2) is 7.68. The highest BCUT2D eigenvalue weighted by Crippen LogP contribution is 2.03. The molecule has 100 valence electrons. The fourth-order valence-electron chi connectivity index (χ4n) is 1.23. The molecule has 0 atom stereocenters. The average Bonchev–Trinajstić information content (AvgIpc) is 2.41. The van der Waals surface area contributed by atoms with Crippen LogP contribution < -0.4 is 16.8 Å². The molecule has 0 bridgehead atoms. The van der Waals surface area contributed by atoms with Crippen molar-refractivity contribution in [2.24, 2.45) is 11.5 Å². The summed E-state index contributed by atoms with van der Waals surface area (Å²) in [6, 6.07) is 3.35. The maximum Gasteiger partial charge on any atom is 0.404 e. The highest BCUT2D eigenvalue weighted by Gasteiger charge is 2.10. The number of aromatic nitrogens is 1. The van der Waals surface area contributed by atoms with E-state index < -0.39 is 12.0 Å². The molecule has 0 aliphatic heterocycles. The van der Waals surface area contributed by atoms with E-state index >= 15 is 0 Å². The van der Waals surface area contributed by atoms with Gasteiger partial charge in [-0.15, -0.1) is 0 Å². The van der Waals surface area contributed by atoms with Gasteiger partial charge in [-0.2, -0.15) is 0 Å². The number of rotatable bonds is 4. The Kier molecular flexibility index (Phi) is 5.85. The SMILES string of the molecule is NCC#Cc1cccnc1C(=O)NCCOC(N)=O. The lowest BCUT2D eigenvalue weighted by Crippen LogP contribution is -2.30. The number of hydrogen-bond acceptors (Lipinski definition) is 5. The maximum absolute atomic E-state index is 11.8. The minimum atomic E-state index is -0.887. The lowest BCUT2D eigenvalue weighted by atomic mass is 10.2. The predicted octanol–water partition coefficient (Wildman–Crippen LogP) is -0.783. The average molecular weight is 262 g/mol. The summed E-state index contributed by atoms with van der Waals surface area (Å²) >= 11 is 0. The zero-order valence-electron chi connectivity index (χ0n) is 10.2. The van der Waals surface area contributed by atoms with E-state index in [1.165, 1.54) is 6.20 Å². The number of nitrogens with one attached hydrogen (secondary N) is 1. The summed E-state index contributed by atoms with van der Waals surface area (Å²) in [5, 5.41) is 2.54. The highest BCUT2D eigenvalue weighted by atomic mass is 16.5. The van der Waals surface area contributed by atoms with Gasteiger partial charge in [0.15, 0.2) is 0 Å². The first-order valence-electron chi connectivity index (χ1n) is 5.49. The van der Waals surface area contributed by atoms with E-state index in [0.717, 1.165) is 0 Å². The molecule has 7 heteroatoms. The molecule has 0 radical (unpaired) electrons. The van der Waals surface area contributed by atoms with Crippen molar-refractivity contribution >= 4 is 12.0 Å². The fraction of sp³-hybridized carbons (Fsp3) is 0.250. The summed E-state index contributed by atoms with van der Waals surface area (Å²) in [4.78, 5) is 26.1. The van der Waals surface area contributed by atoms with Gasteiger partial charge in [-0.3, -0.25) is 4.79 Å². The molecule has 0 spiro atoms. The third-order valence-corrected chi connectivity index (χ3v) is 1.98. The third-order valence-electron chi connectivity index (χ3n) is 1.98. The standard InChI is InChI=1S/C12H14N4O3/c13-5-1-3-9-4-2-6-15-10(9)11(17)16-7-8-19-12(14)18/h2,4,6H,5,7-8,13H2,(H2,14,18)(H,16,17). The Balaban J connectivity index is 2.63. The van der Waals surface area contributed by atoms with Gasteiger partial charge < -0.3 is 21.5 Å². The molecular weight excluding hydrogens is 248 g/mol. The number of ether oxygens (including phenoxy) is 1. The molecular formula is C12H14N4O3. The maximum atomic E-state index is 11.8. The summed E-state index contributed by atoms with van der Waals surface area (Å²) in [6.45, 7) is 0.336. The van der Waals surface area contributed by atoms with Crippen molar-refractivity contribution < 1.29 is 14.3 Å². The van der Waals surface area contributed by atoms with Gasteiger partial charge in [-0.25, -0.2) is 9.78 Å². The molecule has 1 aromatic heterocycles. The molecule has 2 amide bonds. The van der Waals surface area contributed by atoms with Gasteiger partial charge in [0.05, 0.1) is 18.7 Å². The predicted molar refractivity (Wildman–Crippen MR) is 68.0 cm³/mol. The molecule has 19 heavy (non-hydrogen) atoms. The molecule has 0 aliphatic rings. The van der Waals surface area contributed by atoms with Crippen LogP contribution in [0, 0.1) is 11.8 Å². The van der Waals surface area contributed by atoms with Crippen LogP contribution in [-0.2, 0) is 4.74 Å². The summed E-state index contributed by atoms with van der Waals surface area (Å²) in [5.41, 5.74) is 10.7. The quantitative estimate of drug-likeness (QED) is 0.485. The van der Waals surface area contributed by atoms with E-state index in [0.29, 0.717) is 5.56 Å². The molecule has 0 fully saturated rings. The van der Waals surface area contributed by atoms with Crippen molar-refractivity contribution in [1.82, 2.24) is 10.3 Å².